The van der Waals surface area contributed by atoms with Crippen LogP contribution < -0.4 is 5.32 Å². The summed E-state index contributed by atoms with van der Waals surface area (Å²) in [5.74, 6) is -2.81. The second-order valence-electron chi connectivity index (χ2n) is 5.34. The molecule has 0 spiro atoms. The van der Waals surface area contributed by atoms with Gasteiger partial charge in [0.25, 0.3) is 0 Å². The van der Waals surface area contributed by atoms with E-state index in [4.69, 9.17) is 5.11 Å². The molecule has 1 aromatic carbocycles. The number of hydrogen-bond donors (Lipinski definition) is 2. The predicted molar refractivity (Wildman–Crippen MR) is 79.4 cm³/mol. The van der Waals surface area contributed by atoms with Crippen molar-refractivity contribution in [2.75, 3.05) is 5.32 Å². The summed E-state index contributed by atoms with van der Waals surface area (Å²) in [6.07, 6.45) is -11.2. The fourth-order valence-electron chi connectivity index (χ4n) is 2.17. The summed E-state index contributed by atoms with van der Waals surface area (Å²) in [6.45, 7) is 0. The van der Waals surface area contributed by atoms with Crippen molar-refractivity contribution in [2.45, 2.75) is 25.2 Å². The summed E-state index contributed by atoms with van der Waals surface area (Å²) in [4.78, 5) is 22.5. The molecule has 0 fully saturated rings. The standard InChI is InChI=1S/C15H11F6N3O3/c16-14(17,18)5-4-11(25)23-8-2-1-3-9(6-8)24-12(15(19,20)21)10(7-22-24)13(26)27/h1-3,6-7H,4-5H2,(H,23,25)(H,26,27). The Kier molecular flexibility index (Phi) is 5.47. The number of nitrogens with zero attached hydrogens (tertiary/aromatic N) is 2. The molecule has 1 amide bonds. The van der Waals surface area contributed by atoms with Crippen LogP contribution >= 0.6 is 0 Å². The van der Waals surface area contributed by atoms with Gasteiger partial charge in [-0.2, -0.15) is 31.4 Å². The van der Waals surface area contributed by atoms with Crippen molar-refractivity contribution >= 4 is 17.6 Å². The summed E-state index contributed by atoms with van der Waals surface area (Å²) in [7, 11) is 0. The van der Waals surface area contributed by atoms with E-state index < -0.39 is 48.3 Å². The number of aromatic carboxylic acids is 1. The Balaban J connectivity index is 2.31. The number of carbonyl (C=O) groups is 2. The summed E-state index contributed by atoms with van der Waals surface area (Å²) >= 11 is 0. The van der Waals surface area contributed by atoms with Gasteiger partial charge in [0.15, 0.2) is 5.69 Å². The molecule has 1 aromatic heterocycles. The summed E-state index contributed by atoms with van der Waals surface area (Å²) in [5.41, 5.74) is -2.90. The van der Waals surface area contributed by atoms with Gasteiger partial charge in [0.1, 0.15) is 5.56 Å². The molecular formula is C15H11F6N3O3. The normalized spacial score (nSPS) is 12.1. The van der Waals surface area contributed by atoms with E-state index in [9.17, 15) is 35.9 Å². The predicted octanol–water partition coefficient (Wildman–Crippen LogP) is 3.87. The monoisotopic (exact) mass is 395 g/mol. The minimum Gasteiger partial charge on any atom is -0.478 e. The topological polar surface area (TPSA) is 84.2 Å². The quantitative estimate of drug-likeness (QED) is 0.753. The van der Waals surface area contributed by atoms with Gasteiger partial charge in [-0.15, -0.1) is 0 Å². The lowest BCUT2D eigenvalue weighted by molar-refractivity contribution is -0.143. The Labute approximate surface area is 147 Å². The number of anilines is 1. The van der Waals surface area contributed by atoms with Gasteiger partial charge in [-0.1, -0.05) is 6.07 Å². The second kappa shape index (κ2) is 7.29. The number of nitrogens with one attached hydrogen (secondary N) is 1. The summed E-state index contributed by atoms with van der Waals surface area (Å²) in [6, 6.07) is 4.68. The fourth-order valence-corrected chi connectivity index (χ4v) is 2.17. The Morgan fingerprint density at radius 3 is 2.37 bits per heavy atom. The first kappa shape index (κ1) is 20.3. The Bertz CT molecular complexity index is 857. The van der Waals surface area contributed by atoms with E-state index in [0.29, 0.717) is 10.9 Å². The highest BCUT2D eigenvalue weighted by atomic mass is 19.4. The number of amides is 1. The SMILES string of the molecule is O=C(CCC(F)(F)F)Nc1cccc(-n2ncc(C(=O)O)c2C(F)(F)F)c1. The highest BCUT2D eigenvalue weighted by Crippen LogP contribution is 2.34. The van der Waals surface area contributed by atoms with E-state index in [1.54, 1.807) is 0 Å². The molecule has 0 aliphatic heterocycles. The Morgan fingerprint density at radius 1 is 1.15 bits per heavy atom. The maximum atomic E-state index is 13.2. The number of alkyl halides is 6. The number of benzene rings is 1. The molecule has 0 radical (unpaired) electrons. The second-order valence-corrected chi connectivity index (χ2v) is 5.34. The van der Waals surface area contributed by atoms with Crippen LogP contribution in [0.15, 0.2) is 30.5 Å². The third-order valence-corrected chi connectivity index (χ3v) is 3.28. The smallest absolute Gasteiger partial charge is 0.434 e. The van der Waals surface area contributed by atoms with E-state index >= 15 is 0 Å². The number of hydrogen-bond acceptors (Lipinski definition) is 3. The van der Waals surface area contributed by atoms with Gasteiger partial charge in [-0.3, -0.25) is 4.79 Å². The number of halogens is 6. The zero-order valence-corrected chi connectivity index (χ0v) is 13.2. The van der Waals surface area contributed by atoms with E-state index in [2.05, 4.69) is 10.4 Å². The van der Waals surface area contributed by atoms with Crippen LogP contribution in [0.5, 0.6) is 0 Å². The number of carbonyl (C=O) groups excluding carboxylic acids is 1. The maximum Gasteiger partial charge on any atom is 0.434 e. The molecular weight excluding hydrogens is 384 g/mol. The molecule has 0 unspecified atom stereocenters. The van der Waals surface area contributed by atoms with Gasteiger partial charge < -0.3 is 10.4 Å². The van der Waals surface area contributed by atoms with E-state index in [1.807, 2.05) is 0 Å². The van der Waals surface area contributed by atoms with Gasteiger partial charge in [-0.05, 0) is 18.2 Å². The third-order valence-electron chi connectivity index (χ3n) is 3.28. The summed E-state index contributed by atoms with van der Waals surface area (Å²) < 4.78 is 76.3. The molecule has 0 aliphatic carbocycles. The average Bonchev–Trinajstić information content (AvgIpc) is 2.98. The minimum atomic E-state index is -5.03. The Morgan fingerprint density at radius 2 is 1.81 bits per heavy atom. The van der Waals surface area contributed by atoms with Crippen molar-refractivity contribution in [3.63, 3.8) is 0 Å². The summed E-state index contributed by atoms with van der Waals surface area (Å²) in [5, 5.41) is 14.4. The average molecular weight is 395 g/mol. The third kappa shape index (κ3) is 5.21. The van der Waals surface area contributed by atoms with Crippen LogP contribution in [0.3, 0.4) is 0 Å². The molecule has 146 valence electrons. The van der Waals surface area contributed by atoms with Crippen molar-refractivity contribution in [3.05, 3.63) is 41.7 Å². The van der Waals surface area contributed by atoms with Crippen molar-refractivity contribution in [3.8, 4) is 5.69 Å². The highest BCUT2D eigenvalue weighted by molar-refractivity contribution is 5.91. The first-order valence-corrected chi connectivity index (χ1v) is 7.24. The number of aromatic nitrogens is 2. The lowest BCUT2D eigenvalue weighted by Crippen LogP contribution is -2.18. The fraction of sp³-hybridized carbons (Fsp3) is 0.267. The molecule has 0 saturated heterocycles. The Hall–Kier alpha value is -3.05. The lowest BCUT2D eigenvalue weighted by Gasteiger charge is -2.13. The van der Waals surface area contributed by atoms with Crippen molar-refractivity contribution in [1.82, 2.24) is 9.78 Å². The first-order valence-electron chi connectivity index (χ1n) is 7.24. The molecule has 6 nitrogen and oxygen atoms in total. The van der Waals surface area contributed by atoms with Gasteiger partial charge in [-0.25, -0.2) is 9.48 Å². The first-order chi connectivity index (χ1) is 12.4. The van der Waals surface area contributed by atoms with E-state index in [-0.39, 0.29) is 11.4 Å². The van der Waals surface area contributed by atoms with Crippen LogP contribution in [0.25, 0.3) is 5.69 Å². The molecule has 0 bridgehead atoms. The number of carboxylic acids is 1. The van der Waals surface area contributed by atoms with Crippen LogP contribution in [0.2, 0.25) is 0 Å². The van der Waals surface area contributed by atoms with Crippen LogP contribution in [0.1, 0.15) is 28.9 Å². The molecule has 1 heterocycles. The maximum absolute atomic E-state index is 13.2. The van der Waals surface area contributed by atoms with Gasteiger partial charge in [0.05, 0.1) is 18.3 Å². The minimum absolute atomic E-state index is 0.0693. The highest BCUT2D eigenvalue weighted by Gasteiger charge is 2.40. The zero-order chi connectivity index (χ0) is 20.4. The van der Waals surface area contributed by atoms with Gasteiger partial charge >= 0.3 is 18.3 Å². The van der Waals surface area contributed by atoms with Crippen LogP contribution in [-0.4, -0.2) is 32.9 Å². The molecule has 2 N–H and O–H groups in total. The van der Waals surface area contributed by atoms with Crippen LogP contribution in [-0.2, 0) is 11.0 Å². The molecule has 0 atom stereocenters. The molecule has 0 saturated carbocycles. The van der Waals surface area contributed by atoms with Crippen molar-refractivity contribution in [2.24, 2.45) is 0 Å². The number of carboxylic acid groups (broad SMARTS) is 1. The van der Waals surface area contributed by atoms with Crippen molar-refractivity contribution < 1.29 is 41.0 Å². The molecule has 27 heavy (non-hydrogen) atoms. The lowest BCUT2D eigenvalue weighted by atomic mass is 10.2. The van der Waals surface area contributed by atoms with Gasteiger partial charge in [0.2, 0.25) is 5.91 Å². The zero-order valence-electron chi connectivity index (χ0n) is 13.2. The molecule has 0 aliphatic rings. The largest absolute Gasteiger partial charge is 0.478 e. The number of rotatable bonds is 5. The van der Waals surface area contributed by atoms with E-state index in [1.165, 1.54) is 18.2 Å². The van der Waals surface area contributed by atoms with Crippen LogP contribution in [0, 0.1) is 0 Å². The van der Waals surface area contributed by atoms with E-state index in [0.717, 1.165) is 6.07 Å². The molecule has 2 aromatic rings. The van der Waals surface area contributed by atoms with Crippen LogP contribution in [0.4, 0.5) is 32.0 Å². The molecule has 12 heteroatoms. The van der Waals surface area contributed by atoms with Crippen molar-refractivity contribution in [1.29, 1.82) is 0 Å². The van der Waals surface area contributed by atoms with Gasteiger partial charge in [0, 0.05) is 12.1 Å². The molecule has 2 rings (SSSR count).